The minimum Gasteiger partial charge on any atom is -0.354 e. The highest BCUT2D eigenvalue weighted by Crippen LogP contribution is 2.20. The van der Waals surface area contributed by atoms with Gasteiger partial charge in [0, 0.05) is 37.5 Å². The van der Waals surface area contributed by atoms with Crippen LogP contribution in [0.4, 0.5) is 0 Å². The predicted molar refractivity (Wildman–Crippen MR) is 92.0 cm³/mol. The molecule has 2 aliphatic rings. The SMILES string of the molecule is CCC(C)C(=O)N1CCC(C(=O)NCC2CCCN2CC)CC1. The summed E-state index contributed by atoms with van der Waals surface area (Å²) in [7, 11) is 0. The molecule has 0 spiro atoms. The molecule has 2 saturated heterocycles. The van der Waals surface area contributed by atoms with Crippen LogP contribution in [0.25, 0.3) is 0 Å². The summed E-state index contributed by atoms with van der Waals surface area (Å²) in [5.74, 6) is 0.606. The number of piperidine rings is 1. The molecule has 2 aliphatic heterocycles. The van der Waals surface area contributed by atoms with Crippen LogP contribution in [-0.4, -0.2) is 60.4 Å². The topological polar surface area (TPSA) is 52.7 Å². The normalized spacial score (nSPS) is 24.7. The average Bonchev–Trinajstić information content (AvgIpc) is 3.06. The molecule has 2 heterocycles. The van der Waals surface area contributed by atoms with E-state index in [4.69, 9.17) is 0 Å². The molecule has 2 atom stereocenters. The van der Waals surface area contributed by atoms with Crippen LogP contribution < -0.4 is 5.32 Å². The van der Waals surface area contributed by atoms with Gasteiger partial charge in [-0.05, 0) is 45.2 Å². The maximum atomic E-state index is 12.4. The lowest BCUT2D eigenvalue weighted by Gasteiger charge is -2.33. The maximum Gasteiger partial charge on any atom is 0.225 e. The fourth-order valence-corrected chi connectivity index (χ4v) is 3.75. The molecule has 2 unspecified atom stereocenters. The lowest BCUT2D eigenvalue weighted by atomic mass is 9.94. The monoisotopic (exact) mass is 323 g/mol. The summed E-state index contributed by atoms with van der Waals surface area (Å²) in [5.41, 5.74) is 0. The van der Waals surface area contributed by atoms with Gasteiger partial charge in [0.15, 0.2) is 0 Å². The Kier molecular flexibility index (Phi) is 6.88. The van der Waals surface area contributed by atoms with Crippen LogP contribution in [0.2, 0.25) is 0 Å². The van der Waals surface area contributed by atoms with Crippen molar-refractivity contribution in [1.82, 2.24) is 15.1 Å². The van der Waals surface area contributed by atoms with Gasteiger partial charge in [-0.1, -0.05) is 20.8 Å². The van der Waals surface area contributed by atoms with Gasteiger partial charge in [0.05, 0.1) is 0 Å². The second-order valence-electron chi connectivity index (χ2n) is 7.08. The molecule has 5 nitrogen and oxygen atoms in total. The number of nitrogens with one attached hydrogen (secondary N) is 1. The van der Waals surface area contributed by atoms with Crippen LogP contribution in [0.1, 0.15) is 52.9 Å². The number of rotatable bonds is 6. The molecule has 5 heteroatoms. The Morgan fingerprint density at radius 2 is 1.83 bits per heavy atom. The van der Waals surface area contributed by atoms with Crippen LogP contribution in [-0.2, 0) is 9.59 Å². The minimum atomic E-state index is 0.0764. The van der Waals surface area contributed by atoms with E-state index >= 15 is 0 Å². The first kappa shape index (κ1) is 18.2. The second kappa shape index (κ2) is 8.67. The number of hydrogen-bond acceptors (Lipinski definition) is 3. The second-order valence-corrected chi connectivity index (χ2v) is 7.08. The summed E-state index contributed by atoms with van der Waals surface area (Å²) >= 11 is 0. The van der Waals surface area contributed by atoms with E-state index in [0.29, 0.717) is 6.04 Å². The third-order valence-corrected chi connectivity index (χ3v) is 5.63. The van der Waals surface area contributed by atoms with Gasteiger partial charge in [0.25, 0.3) is 0 Å². The van der Waals surface area contributed by atoms with Gasteiger partial charge < -0.3 is 10.2 Å². The summed E-state index contributed by atoms with van der Waals surface area (Å²) in [4.78, 5) is 29.0. The Labute approximate surface area is 140 Å². The molecule has 1 N–H and O–H groups in total. The van der Waals surface area contributed by atoms with Gasteiger partial charge in [0.1, 0.15) is 0 Å². The molecular weight excluding hydrogens is 290 g/mol. The smallest absolute Gasteiger partial charge is 0.225 e. The zero-order chi connectivity index (χ0) is 16.8. The van der Waals surface area contributed by atoms with Gasteiger partial charge >= 0.3 is 0 Å². The number of amides is 2. The van der Waals surface area contributed by atoms with Crippen molar-refractivity contribution in [2.45, 2.75) is 58.9 Å². The summed E-state index contributed by atoms with van der Waals surface area (Å²) in [6, 6.07) is 0.510. The van der Waals surface area contributed by atoms with Crippen molar-refractivity contribution in [2.24, 2.45) is 11.8 Å². The van der Waals surface area contributed by atoms with E-state index in [1.54, 1.807) is 0 Å². The van der Waals surface area contributed by atoms with Crippen LogP contribution in [0.5, 0.6) is 0 Å². The van der Waals surface area contributed by atoms with Gasteiger partial charge in [-0.15, -0.1) is 0 Å². The molecule has 0 aromatic rings. The molecule has 2 fully saturated rings. The number of carbonyl (C=O) groups is 2. The van der Waals surface area contributed by atoms with E-state index in [-0.39, 0.29) is 23.7 Å². The Balaban J connectivity index is 1.72. The van der Waals surface area contributed by atoms with E-state index in [2.05, 4.69) is 17.1 Å². The molecule has 0 radical (unpaired) electrons. The first-order valence-corrected chi connectivity index (χ1v) is 9.37. The predicted octanol–water partition coefficient (Wildman–Crippen LogP) is 1.87. The van der Waals surface area contributed by atoms with E-state index in [0.717, 1.165) is 52.0 Å². The van der Waals surface area contributed by atoms with E-state index in [9.17, 15) is 9.59 Å². The van der Waals surface area contributed by atoms with Crippen molar-refractivity contribution in [2.75, 3.05) is 32.7 Å². The Morgan fingerprint density at radius 3 is 2.43 bits per heavy atom. The zero-order valence-corrected chi connectivity index (χ0v) is 15.0. The minimum absolute atomic E-state index is 0.0764. The number of carbonyl (C=O) groups excluding carboxylic acids is 2. The summed E-state index contributed by atoms with van der Waals surface area (Å²) < 4.78 is 0. The molecule has 0 aliphatic carbocycles. The number of hydrogen-bond donors (Lipinski definition) is 1. The molecular formula is C18H33N3O2. The average molecular weight is 323 g/mol. The van der Waals surface area contributed by atoms with Crippen molar-refractivity contribution >= 4 is 11.8 Å². The molecule has 2 rings (SSSR count). The molecule has 0 bridgehead atoms. The summed E-state index contributed by atoms with van der Waals surface area (Å²) in [6.45, 7) is 10.7. The quantitative estimate of drug-likeness (QED) is 0.812. The molecule has 0 saturated carbocycles. The Bertz CT molecular complexity index is 405. The molecule has 2 amide bonds. The van der Waals surface area contributed by atoms with Crippen LogP contribution >= 0.6 is 0 Å². The zero-order valence-electron chi connectivity index (χ0n) is 15.0. The van der Waals surface area contributed by atoms with E-state index in [1.807, 2.05) is 18.7 Å². The van der Waals surface area contributed by atoms with Crippen molar-refractivity contribution in [3.63, 3.8) is 0 Å². The van der Waals surface area contributed by atoms with Gasteiger partial charge in [-0.3, -0.25) is 14.5 Å². The van der Waals surface area contributed by atoms with Crippen molar-refractivity contribution < 1.29 is 9.59 Å². The van der Waals surface area contributed by atoms with Gasteiger partial charge in [-0.25, -0.2) is 0 Å². The maximum absolute atomic E-state index is 12.4. The van der Waals surface area contributed by atoms with Crippen molar-refractivity contribution in [3.8, 4) is 0 Å². The molecule has 0 aromatic heterocycles. The number of nitrogens with zero attached hydrogens (tertiary/aromatic N) is 2. The molecule has 132 valence electrons. The summed E-state index contributed by atoms with van der Waals surface area (Å²) in [5, 5.41) is 3.15. The highest BCUT2D eigenvalue weighted by atomic mass is 16.2. The molecule has 23 heavy (non-hydrogen) atoms. The van der Waals surface area contributed by atoms with Gasteiger partial charge in [-0.2, -0.15) is 0 Å². The highest BCUT2D eigenvalue weighted by Gasteiger charge is 2.30. The standard InChI is InChI=1S/C18H33N3O2/c1-4-14(3)18(23)21-11-8-15(9-12-21)17(22)19-13-16-7-6-10-20(16)5-2/h14-16H,4-13H2,1-3H3,(H,19,22). The Morgan fingerprint density at radius 1 is 1.13 bits per heavy atom. The Hall–Kier alpha value is -1.10. The highest BCUT2D eigenvalue weighted by molar-refractivity contribution is 5.80. The third-order valence-electron chi connectivity index (χ3n) is 5.63. The fraction of sp³-hybridized carbons (Fsp3) is 0.889. The largest absolute Gasteiger partial charge is 0.354 e. The third kappa shape index (κ3) is 4.69. The van der Waals surface area contributed by atoms with Crippen molar-refractivity contribution in [3.05, 3.63) is 0 Å². The van der Waals surface area contributed by atoms with Crippen molar-refractivity contribution in [1.29, 1.82) is 0 Å². The number of likely N-dealkylation sites (N-methyl/N-ethyl adjacent to an activating group) is 1. The van der Waals surface area contributed by atoms with Crippen LogP contribution in [0.3, 0.4) is 0 Å². The number of likely N-dealkylation sites (tertiary alicyclic amines) is 2. The lowest BCUT2D eigenvalue weighted by molar-refractivity contribution is -0.138. The van der Waals surface area contributed by atoms with E-state index < -0.39 is 0 Å². The van der Waals surface area contributed by atoms with Gasteiger partial charge in [0.2, 0.25) is 11.8 Å². The van der Waals surface area contributed by atoms with E-state index in [1.165, 1.54) is 12.8 Å². The fourth-order valence-electron chi connectivity index (χ4n) is 3.75. The lowest BCUT2D eigenvalue weighted by Crippen LogP contribution is -2.46. The summed E-state index contributed by atoms with van der Waals surface area (Å²) in [6.07, 6.45) is 4.92. The van der Waals surface area contributed by atoms with Crippen LogP contribution in [0, 0.1) is 11.8 Å². The first-order chi connectivity index (χ1) is 11.1. The molecule has 0 aromatic carbocycles. The first-order valence-electron chi connectivity index (χ1n) is 9.37. The van der Waals surface area contributed by atoms with Crippen LogP contribution in [0.15, 0.2) is 0 Å².